The largest absolute Gasteiger partial charge is 0.328 e. The lowest BCUT2D eigenvalue weighted by molar-refractivity contribution is -0.146. The third-order valence-corrected chi connectivity index (χ3v) is 4.68. The maximum atomic E-state index is 13.1. The van der Waals surface area contributed by atoms with Gasteiger partial charge in [0.05, 0.1) is 0 Å². The highest BCUT2D eigenvalue weighted by Gasteiger charge is 2.34. The minimum Gasteiger partial charge on any atom is -0.328 e. The van der Waals surface area contributed by atoms with Crippen molar-refractivity contribution in [2.24, 2.45) is 0 Å². The summed E-state index contributed by atoms with van der Waals surface area (Å²) in [7, 11) is 0. The van der Waals surface area contributed by atoms with Gasteiger partial charge in [0, 0.05) is 30.3 Å². The van der Waals surface area contributed by atoms with Crippen LogP contribution >= 0.6 is 11.6 Å². The summed E-state index contributed by atoms with van der Waals surface area (Å²) >= 11 is 6.02. The number of anilines is 1. The number of piperazine rings is 1. The zero-order valence-electron chi connectivity index (χ0n) is 14.1. The van der Waals surface area contributed by atoms with Crippen molar-refractivity contribution in [1.82, 2.24) is 4.90 Å². The molecule has 1 heterocycles. The second kappa shape index (κ2) is 6.84. The Bertz CT molecular complexity index is 853. The number of carbonyl (C=O) groups excluding carboxylic acids is 2. The van der Waals surface area contributed by atoms with Gasteiger partial charge in [0.2, 0.25) is 0 Å². The zero-order valence-corrected chi connectivity index (χ0v) is 14.8. The Kier molecular flexibility index (Phi) is 4.77. The molecule has 0 spiro atoms. The molecule has 4 nitrogen and oxygen atoms in total. The molecule has 0 aliphatic carbocycles. The first kappa shape index (κ1) is 17.4. The minimum absolute atomic E-state index is 0.185. The lowest BCUT2D eigenvalue weighted by atomic mass is 10.1. The van der Waals surface area contributed by atoms with Crippen LogP contribution in [-0.4, -0.2) is 29.8 Å². The maximum Gasteiger partial charge on any atom is 0.316 e. The SMILES string of the molecule is Cc1ccc(N2CCN(Cc3ccc(F)cc3Cl)C(=O)C2=O)c(C)c1. The highest BCUT2D eigenvalue weighted by atomic mass is 35.5. The van der Waals surface area contributed by atoms with Crippen molar-refractivity contribution in [3.63, 3.8) is 0 Å². The maximum absolute atomic E-state index is 13.1. The molecule has 1 aliphatic rings. The second-order valence-corrected chi connectivity index (χ2v) is 6.62. The summed E-state index contributed by atoms with van der Waals surface area (Å²) in [6.45, 7) is 4.89. The Hall–Kier alpha value is -2.40. The van der Waals surface area contributed by atoms with Crippen molar-refractivity contribution >= 4 is 29.1 Å². The summed E-state index contributed by atoms with van der Waals surface area (Å²) in [5.74, 6) is -1.57. The van der Waals surface area contributed by atoms with Gasteiger partial charge in [0.25, 0.3) is 0 Å². The third kappa shape index (κ3) is 3.51. The Morgan fingerprint density at radius 1 is 1.04 bits per heavy atom. The number of hydrogen-bond acceptors (Lipinski definition) is 2. The standard InChI is InChI=1S/C19H18ClFN2O2/c1-12-3-6-17(13(2)9-12)23-8-7-22(18(24)19(23)25)11-14-4-5-15(21)10-16(14)20/h3-6,9-10H,7-8,11H2,1-2H3. The van der Waals surface area contributed by atoms with Crippen LogP contribution in [0.15, 0.2) is 36.4 Å². The number of aryl methyl sites for hydroxylation is 2. The van der Waals surface area contributed by atoms with Crippen molar-refractivity contribution in [3.05, 3.63) is 63.9 Å². The normalized spacial score (nSPS) is 15.0. The van der Waals surface area contributed by atoms with Crippen LogP contribution in [0.1, 0.15) is 16.7 Å². The molecular weight excluding hydrogens is 343 g/mol. The van der Waals surface area contributed by atoms with E-state index < -0.39 is 17.6 Å². The Balaban J connectivity index is 1.78. The topological polar surface area (TPSA) is 40.6 Å². The molecule has 2 aromatic rings. The molecule has 2 aromatic carbocycles. The summed E-state index contributed by atoms with van der Waals surface area (Å²) < 4.78 is 13.1. The van der Waals surface area contributed by atoms with E-state index in [4.69, 9.17) is 11.6 Å². The second-order valence-electron chi connectivity index (χ2n) is 6.21. The molecule has 0 saturated carbocycles. The van der Waals surface area contributed by atoms with Gasteiger partial charge >= 0.3 is 11.8 Å². The van der Waals surface area contributed by atoms with Crippen molar-refractivity contribution in [3.8, 4) is 0 Å². The molecule has 0 bridgehead atoms. The Morgan fingerprint density at radius 2 is 1.80 bits per heavy atom. The predicted octanol–water partition coefficient (Wildman–Crippen LogP) is 3.47. The molecule has 0 N–H and O–H groups in total. The lowest BCUT2D eigenvalue weighted by Crippen LogP contribution is -2.54. The van der Waals surface area contributed by atoms with Crippen molar-refractivity contribution in [2.75, 3.05) is 18.0 Å². The van der Waals surface area contributed by atoms with Gasteiger partial charge in [0.15, 0.2) is 0 Å². The molecule has 3 rings (SSSR count). The first-order valence-electron chi connectivity index (χ1n) is 7.99. The fraction of sp³-hybridized carbons (Fsp3) is 0.263. The van der Waals surface area contributed by atoms with E-state index in [2.05, 4.69) is 0 Å². The van der Waals surface area contributed by atoms with Crippen LogP contribution in [0.4, 0.5) is 10.1 Å². The van der Waals surface area contributed by atoms with Crippen LogP contribution in [0.2, 0.25) is 5.02 Å². The molecule has 1 saturated heterocycles. The fourth-order valence-electron chi connectivity index (χ4n) is 3.02. The molecule has 1 fully saturated rings. The fourth-order valence-corrected chi connectivity index (χ4v) is 3.25. The van der Waals surface area contributed by atoms with Gasteiger partial charge in [-0.05, 0) is 43.2 Å². The molecule has 130 valence electrons. The Labute approximate surface area is 150 Å². The van der Waals surface area contributed by atoms with Gasteiger partial charge in [-0.1, -0.05) is 35.4 Å². The quantitative estimate of drug-likeness (QED) is 0.786. The van der Waals surface area contributed by atoms with E-state index >= 15 is 0 Å². The lowest BCUT2D eigenvalue weighted by Gasteiger charge is -2.34. The van der Waals surface area contributed by atoms with E-state index in [1.807, 2.05) is 32.0 Å². The molecule has 1 aliphatic heterocycles. The molecule has 2 amide bonds. The van der Waals surface area contributed by atoms with Crippen LogP contribution in [0.5, 0.6) is 0 Å². The average Bonchev–Trinajstić information content (AvgIpc) is 2.55. The molecule has 0 aromatic heterocycles. The Morgan fingerprint density at radius 3 is 2.48 bits per heavy atom. The minimum atomic E-state index is -0.577. The summed E-state index contributed by atoms with van der Waals surface area (Å²) in [4.78, 5) is 28.0. The van der Waals surface area contributed by atoms with Crippen LogP contribution in [0, 0.1) is 19.7 Å². The van der Waals surface area contributed by atoms with Crippen LogP contribution in [0.25, 0.3) is 0 Å². The van der Waals surface area contributed by atoms with Crippen molar-refractivity contribution < 1.29 is 14.0 Å². The van der Waals surface area contributed by atoms with Gasteiger partial charge in [-0.2, -0.15) is 0 Å². The van der Waals surface area contributed by atoms with E-state index in [0.29, 0.717) is 18.7 Å². The smallest absolute Gasteiger partial charge is 0.316 e. The molecule has 0 radical (unpaired) electrons. The van der Waals surface area contributed by atoms with Gasteiger partial charge in [-0.25, -0.2) is 4.39 Å². The first-order chi connectivity index (χ1) is 11.9. The van der Waals surface area contributed by atoms with Crippen molar-refractivity contribution in [2.45, 2.75) is 20.4 Å². The van der Waals surface area contributed by atoms with Gasteiger partial charge in [-0.3, -0.25) is 9.59 Å². The van der Waals surface area contributed by atoms with Gasteiger partial charge < -0.3 is 9.80 Å². The molecule has 0 unspecified atom stereocenters. The molecular formula is C19H18ClFN2O2. The van der Waals surface area contributed by atoms with Crippen LogP contribution in [-0.2, 0) is 16.1 Å². The van der Waals surface area contributed by atoms with Gasteiger partial charge in [-0.15, -0.1) is 0 Å². The summed E-state index contributed by atoms with van der Waals surface area (Å²) in [5.41, 5.74) is 3.42. The van der Waals surface area contributed by atoms with Crippen molar-refractivity contribution in [1.29, 1.82) is 0 Å². The summed E-state index contributed by atoms with van der Waals surface area (Å²) in [6, 6.07) is 9.80. The number of nitrogens with zero attached hydrogens (tertiary/aromatic N) is 2. The van der Waals surface area contributed by atoms with E-state index in [1.54, 1.807) is 0 Å². The number of rotatable bonds is 3. The first-order valence-corrected chi connectivity index (χ1v) is 8.36. The third-order valence-electron chi connectivity index (χ3n) is 4.33. The van der Waals surface area contributed by atoms with E-state index in [0.717, 1.165) is 16.8 Å². The average molecular weight is 361 g/mol. The molecule has 25 heavy (non-hydrogen) atoms. The van der Waals surface area contributed by atoms with E-state index in [9.17, 15) is 14.0 Å². The van der Waals surface area contributed by atoms with E-state index in [1.165, 1.54) is 28.0 Å². The molecule has 6 heteroatoms. The van der Waals surface area contributed by atoms with Crippen LogP contribution in [0.3, 0.4) is 0 Å². The number of benzene rings is 2. The predicted molar refractivity (Wildman–Crippen MR) is 95.1 cm³/mol. The molecule has 0 atom stereocenters. The number of carbonyl (C=O) groups is 2. The summed E-state index contributed by atoms with van der Waals surface area (Å²) in [5, 5.41) is 0.247. The number of halogens is 2. The highest BCUT2D eigenvalue weighted by Crippen LogP contribution is 2.25. The highest BCUT2D eigenvalue weighted by molar-refractivity contribution is 6.41. The van der Waals surface area contributed by atoms with Gasteiger partial charge in [0.1, 0.15) is 5.82 Å². The number of hydrogen-bond donors (Lipinski definition) is 0. The monoisotopic (exact) mass is 360 g/mol. The van der Waals surface area contributed by atoms with Crippen LogP contribution < -0.4 is 4.90 Å². The summed E-state index contributed by atoms with van der Waals surface area (Å²) in [6.07, 6.45) is 0. The number of amides is 2. The zero-order chi connectivity index (χ0) is 18.1. The van der Waals surface area contributed by atoms with E-state index in [-0.39, 0.29) is 11.6 Å².